The summed E-state index contributed by atoms with van der Waals surface area (Å²) in [6.07, 6.45) is 0. The Morgan fingerprint density at radius 3 is 2.25 bits per heavy atom. The largest absolute Gasteiger partial charge is 0.391 e. The Labute approximate surface area is 54.1 Å². The van der Waals surface area contributed by atoms with Crippen LogP contribution in [0.25, 0.3) is 0 Å². The highest BCUT2D eigenvalue weighted by Gasteiger charge is 1.75. The van der Waals surface area contributed by atoms with Crippen molar-refractivity contribution in [2.75, 3.05) is 5.73 Å². The van der Waals surface area contributed by atoms with Gasteiger partial charge in [-0.15, -0.1) is 11.3 Å². The average Bonchev–Trinajstić information content (AvgIpc) is 2.24. The van der Waals surface area contributed by atoms with Crippen LogP contribution in [0.2, 0.25) is 0 Å². The predicted octanol–water partition coefficient (Wildman–Crippen LogP) is 2.36. The summed E-state index contributed by atoms with van der Waals surface area (Å²) in [5.41, 5.74) is 5.30. The number of nitrogens with two attached hydrogens (primary N) is 1. The fourth-order valence-electron chi connectivity index (χ4n) is 0.291. The van der Waals surface area contributed by atoms with Crippen LogP contribution in [0.5, 0.6) is 0 Å². The molecule has 0 radical (unpaired) electrons. The van der Waals surface area contributed by atoms with Crippen LogP contribution in [0.15, 0.2) is 17.5 Å². The number of hydrogen-bond acceptors (Lipinski definition) is 2. The van der Waals surface area contributed by atoms with Crippen molar-refractivity contribution in [1.29, 1.82) is 0 Å². The zero-order valence-electron chi connectivity index (χ0n) is 5.22. The molecule has 2 heteroatoms. The van der Waals surface area contributed by atoms with Crippen LogP contribution >= 0.6 is 11.3 Å². The monoisotopic (exact) mass is 129 g/mol. The van der Waals surface area contributed by atoms with Gasteiger partial charge < -0.3 is 5.73 Å². The van der Waals surface area contributed by atoms with Crippen LogP contribution in [0.4, 0.5) is 5.00 Å². The SMILES string of the molecule is CC.Nc1cccs1. The number of rotatable bonds is 0. The standard InChI is InChI=1S/C4H5NS.C2H6/c5-4-2-1-3-6-4;1-2/h1-3H,5H2;1-2H3. The summed E-state index contributed by atoms with van der Waals surface area (Å²) in [7, 11) is 0. The molecule has 1 aromatic heterocycles. The van der Waals surface area contributed by atoms with Crippen LogP contribution < -0.4 is 5.73 Å². The van der Waals surface area contributed by atoms with Gasteiger partial charge in [-0.25, -0.2) is 0 Å². The highest BCUT2D eigenvalue weighted by Crippen LogP contribution is 2.07. The van der Waals surface area contributed by atoms with E-state index in [1.165, 1.54) is 0 Å². The zero-order chi connectivity index (χ0) is 6.41. The predicted molar refractivity (Wildman–Crippen MR) is 40.1 cm³/mol. The first-order chi connectivity index (χ1) is 3.89. The summed E-state index contributed by atoms with van der Waals surface area (Å²) < 4.78 is 0. The van der Waals surface area contributed by atoms with Gasteiger partial charge in [0.25, 0.3) is 0 Å². The van der Waals surface area contributed by atoms with Crippen LogP contribution in [0, 0.1) is 0 Å². The first-order valence-electron chi connectivity index (χ1n) is 2.68. The van der Waals surface area contributed by atoms with Crippen molar-refractivity contribution < 1.29 is 0 Å². The van der Waals surface area contributed by atoms with Gasteiger partial charge in [0.05, 0.1) is 5.00 Å². The van der Waals surface area contributed by atoms with Gasteiger partial charge in [-0.05, 0) is 17.5 Å². The summed E-state index contributed by atoms with van der Waals surface area (Å²) in [5, 5.41) is 2.84. The van der Waals surface area contributed by atoms with Gasteiger partial charge in [0.15, 0.2) is 0 Å². The highest BCUT2D eigenvalue weighted by atomic mass is 32.1. The minimum atomic E-state index is 0.884. The van der Waals surface area contributed by atoms with E-state index in [0.717, 1.165) is 5.00 Å². The number of nitrogen functional groups attached to an aromatic ring is 1. The van der Waals surface area contributed by atoms with Crippen molar-refractivity contribution in [2.24, 2.45) is 0 Å². The molecule has 1 aromatic rings. The molecule has 46 valence electrons. The minimum Gasteiger partial charge on any atom is -0.391 e. The molecule has 0 aromatic carbocycles. The molecule has 0 bridgehead atoms. The molecule has 0 aliphatic carbocycles. The molecule has 0 saturated heterocycles. The molecule has 0 fully saturated rings. The second-order valence-electron chi connectivity index (χ2n) is 1.02. The Morgan fingerprint density at radius 2 is 2.12 bits per heavy atom. The molecule has 0 aliphatic rings. The van der Waals surface area contributed by atoms with E-state index < -0.39 is 0 Å². The molecule has 1 rings (SSSR count). The van der Waals surface area contributed by atoms with E-state index >= 15 is 0 Å². The molecule has 0 aliphatic heterocycles. The lowest BCUT2D eigenvalue weighted by Gasteiger charge is -1.68. The first kappa shape index (κ1) is 7.50. The zero-order valence-corrected chi connectivity index (χ0v) is 6.03. The maximum atomic E-state index is 5.30. The highest BCUT2D eigenvalue weighted by molar-refractivity contribution is 7.13. The fourth-order valence-corrected chi connectivity index (χ4v) is 0.763. The lowest BCUT2D eigenvalue weighted by Crippen LogP contribution is -1.72. The maximum absolute atomic E-state index is 5.30. The molecule has 0 amide bonds. The molecule has 0 saturated carbocycles. The Hall–Kier alpha value is -0.500. The Morgan fingerprint density at radius 1 is 1.50 bits per heavy atom. The third kappa shape index (κ3) is 2.64. The van der Waals surface area contributed by atoms with E-state index in [9.17, 15) is 0 Å². The van der Waals surface area contributed by atoms with E-state index in [1.54, 1.807) is 11.3 Å². The van der Waals surface area contributed by atoms with Crippen molar-refractivity contribution in [1.82, 2.24) is 0 Å². The molecule has 0 spiro atoms. The molecular formula is C6H11NS. The van der Waals surface area contributed by atoms with Gasteiger partial charge in [0.2, 0.25) is 0 Å². The topological polar surface area (TPSA) is 26.0 Å². The summed E-state index contributed by atoms with van der Waals surface area (Å²) >= 11 is 1.56. The molecule has 0 atom stereocenters. The van der Waals surface area contributed by atoms with E-state index in [4.69, 9.17) is 5.73 Å². The number of hydrogen-bond donors (Lipinski definition) is 1. The van der Waals surface area contributed by atoms with E-state index in [2.05, 4.69) is 0 Å². The van der Waals surface area contributed by atoms with Gasteiger partial charge in [0.1, 0.15) is 0 Å². The minimum absolute atomic E-state index is 0.884. The lowest BCUT2D eigenvalue weighted by atomic mass is 10.6. The normalized spacial score (nSPS) is 7.25. The summed E-state index contributed by atoms with van der Waals surface area (Å²) in [4.78, 5) is 0. The van der Waals surface area contributed by atoms with Crippen molar-refractivity contribution in [3.8, 4) is 0 Å². The van der Waals surface area contributed by atoms with Crippen molar-refractivity contribution in [3.63, 3.8) is 0 Å². The second kappa shape index (κ2) is 4.65. The molecular weight excluding hydrogens is 118 g/mol. The molecule has 2 N–H and O–H groups in total. The fraction of sp³-hybridized carbons (Fsp3) is 0.333. The lowest BCUT2D eigenvalue weighted by molar-refractivity contribution is 1.50. The molecule has 8 heavy (non-hydrogen) atoms. The quantitative estimate of drug-likeness (QED) is 0.571. The molecule has 1 nitrogen and oxygen atoms in total. The Bertz CT molecular complexity index is 112. The van der Waals surface area contributed by atoms with Crippen LogP contribution in [-0.2, 0) is 0 Å². The smallest absolute Gasteiger partial charge is 0.0856 e. The summed E-state index contributed by atoms with van der Waals surface area (Å²) in [6.45, 7) is 4.00. The Balaban J connectivity index is 0.000000222. The molecule has 1 heterocycles. The van der Waals surface area contributed by atoms with Crippen LogP contribution in [0.1, 0.15) is 13.8 Å². The van der Waals surface area contributed by atoms with Gasteiger partial charge in [0, 0.05) is 0 Å². The summed E-state index contributed by atoms with van der Waals surface area (Å²) in [6, 6.07) is 3.81. The number of thiophene rings is 1. The van der Waals surface area contributed by atoms with E-state index in [1.807, 2.05) is 31.4 Å². The van der Waals surface area contributed by atoms with Crippen LogP contribution in [0.3, 0.4) is 0 Å². The van der Waals surface area contributed by atoms with Crippen molar-refractivity contribution in [2.45, 2.75) is 13.8 Å². The van der Waals surface area contributed by atoms with E-state index in [0.29, 0.717) is 0 Å². The second-order valence-corrected chi connectivity index (χ2v) is 1.99. The average molecular weight is 129 g/mol. The van der Waals surface area contributed by atoms with E-state index in [-0.39, 0.29) is 0 Å². The summed E-state index contributed by atoms with van der Waals surface area (Å²) in [5.74, 6) is 0. The third-order valence-corrected chi connectivity index (χ3v) is 1.24. The van der Waals surface area contributed by atoms with Crippen molar-refractivity contribution in [3.05, 3.63) is 17.5 Å². The molecule has 0 unspecified atom stereocenters. The number of anilines is 1. The van der Waals surface area contributed by atoms with Gasteiger partial charge in [-0.3, -0.25) is 0 Å². The Kier molecular flexibility index (Phi) is 4.36. The first-order valence-corrected chi connectivity index (χ1v) is 3.56. The third-order valence-electron chi connectivity index (χ3n) is 0.543. The van der Waals surface area contributed by atoms with Gasteiger partial charge >= 0.3 is 0 Å². The van der Waals surface area contributed by atoms with Crippen molar-refractivity contribution >= 4 is 16.3 Å². The van der Waals surface area contributed by atoms with Gasteiger partial charge in [-0.1, -0.05) is 13.8 Å². The van der Waals surface area contributed by atoms with Gasteiger partial charge in [-0.2, -0.15) is 0 Å². The van der Waals surface area contributed by atoms with Crippen LogP contribution in [-0.4, -0.2) is 0 Å². The maximum Gasteiger partial charge on any atom is 0.0856 e.